The maximum absolute atomic E-state index is 6.02. The normalized spacial score (nSPS) is 11.8. The molecule has 1 unspecified atom stereocenters. The van der Waals surface area contributed by atoms with E-state index in [9.17, 15) is 0 Å². The minimum atomic E-state index is 0.353. The predicted molar refractivity (Wildman–Crippen MR) is 119 cm³/mol. The first-order chi connectivity index (χ1) is 14.3. The molecule has 0 saturated carbocycles. The Hall–Kier alpha value is -2.78. The second kappa shape index (κ2) is 11.3. The maximum Gasteiger partial charge on any atom is 0.161 e. The lowest BCUT2D eigenvalue weighted by Crippen LogP contribution is -2.20. The summed E-state index contributed by atoms with van der Waals surface area (Å²) in [5.41, 5.74) is 3.67. The van der Waals surface area contributed by atoms with Gasteiger partial charge < -0.3 is 14.8 Å². The van der Waals surface area contributed by atoms with Gasteiger partial charge >= 0.3 is 0 Å². The zero-order valence-electron chi connectivity index (χ0n) is 17.4. The zero-order chi connectivity index (χ0) is 20.3. The van der Waals surface area contributed by atoms with Crippen molar-refractivity contribution >= 4 is 0 Å². The lowest BCUT2D eigenvalue weighted by atomic mass is 10.0. The van der Waals surface area contributed by atoms with Gasteiger partial charge in [-0.15, -0.1) is 0 Å². The van der Waals surface area contributed by atoms with Crippen molar-refractivity contribution in [3.05, 3.63) is 95.6 Å². The van der Waals surface area contributed by atoms with Gasteiger partial charge in [-0.25, -0.2) is 0 Å². The zero-order valence-corrected chi connectivity index (χ0v) is 17.4. The topological polar surface area (TPSA) is 30.5 Å². The van der Waals surface area contributed by atoms with Gasteiger partial charge in [0.15, 0.2) is 11.5 Å². The molecule has 152 valence electrons. The minimum Gasteiger partial charge on any atom is -0.490 e. The first kappa shape index (κ1) is 20.9. The number of rotatable bonds is 11. The Morgan fingerprint density at radius 2 is 1.48 bits per heavy atom. The molecular weight excluding hydrogens is 358 g/mol. The summed E-state index contributed by atoms with van der Waals surface area (Å²) in [5.74, 6) is 1.59. The van der Waals surface area contributed by atoms with Gasteiger partial charge in [0.25, 0.3) is 0 Å². The molecule has 0 aliphatic rings. The monoisotopic (exact) mass is 389 g/mol. The summed E-state index contributed by atoms with van der Waals surface area (Å²) in [6.45, 7) is 6.16. The molecule has 1 N–H and O–H groups in total. The van der Waals surface area contributed by atoms with Crippen LogP contribution in [0.4, 0.5) is 0 Å². The first-order valence-electron chi connectivity index (χ1n) is 10.5. The molecule has 3 nitrogen and oxygen atoms in total. The Bertz CT molecular complexity index is 849. The average molecular weight is 390 g/mol. The van der Waals surface area contributed by atoms with Crippen LogP contribution in [0.5, 0.6) is 11.5 Å². The first-order valence-corrected chi connectivity index (χ1v) is 10.5. The van der Waals surface area contributed by atoms with Crippen LogP contribution in [0.3, 0.4) is 0 Å². The highest BCUT2D eigenvalue weighted by atomic mass is 16.5. The van der Waals surface area contributed by atoms with Crippen molar-refractivity contribution in [1.29, 1.82) is 0 Å². The standard InChI is InChI=1S/C26H31NO2/c1-3-11-24(23-14-9-6-10-15-23)27-19-22-16-17-25(26(18-22)28-4-2)29-20-21-12-7-5-8-13-21/h5-10,12-18,24,27H,3-4,11,19-20H2,1-2H3. The van der Waals surface area contributed by atoms with E-state index in [-0.39, 0.29) is 0 Å². The lowest BCUT2D eigenvalue weighted by molar-refractivity contribution is 0.269. The summed E-state index contributed by atoms with van der Waals surface area (Å²) in [7, 11) is 0. The van der Waals surface area contributed by atoms with Crippen LogP contribution >= 0.6 is 0 Å². The molecule has 0 aliphatic carbocycles. The highest BCUT2D eigenvalue weighted by Gasteiger charge is 2.11. The minimum absolute atomic E-state index is 0.353. The van der Waals surface area contributed by atoms with Crippen molar-refractivity contribution in [3.8, 4) is 11.5 Å². The molecule has 3 aromatic rings. The molecule has 0 radical (unpaired) electrons. The SMILES string of the molecule is CCCC(NCc1ccc(OCc2ccccc2)c(OCC)c1)c1ccccc1. The van der Waals surface area contributed by atoms with Crippen LogP contribution in [-0.4, -0.2) is 6.61 Å². The fourth-order valence-corrected chi connectivity index (χ4v) is 3.39. The van der Waals surface area contributed by atoms with Crippen LogP contribution in [0, 0.1) is 0 Å². The van der Waals surface area contributed by atoms with Gasteiger partial charge in [-0.3, -0.25) is 0 Å². The summed E-state index contributed by atoms with van der Waals surface area (Å²) in [4.78, 5) is 0. The van der Waals surface area contributed by atoms with Crippen molar-refractivity contribution in [2.75, 3.05) is 6.61 Å². The van der Waals surface area contributed by atoms with Crippen LogP contribution < -0.4 is 14.8 Å². The third kappa shape index (κ3) is 6.37. The van der Waals surface area contributed by atoms with Gasteiger partial charge in [-0.1, -0.05) is 80.1 Å². The maximum atomic E-state index is 6.02. The number of hydrogen-bond donors (Lipinski definition) is 1. The van der Waals surface area contributed by atoms with Crippen molar-refractivity contribution in [2.45, 2.75) is 45.9 Å². The van der Waals surface area contributed by atoms with E-state index in [1.807, 2.05) is 31.2 Å². The van der Waals surface area contributed by atoms with Gasteiger partial charge in [0.2, 0.25) is 0 Å². The predicted octanol–water partition coefficient (Wildman–Crippen LogP) is 6.30. The van der Waals surface area contributed by atoms with Crippen LogP contribution in [0.1, 0.15) is 49.4 Å². The Morgan fingerprint density at radius 1 is 0.759 bits per heavy atom. The molecule has 0 bridgehead atoms. The third-order valence-electron chi connectivity index (χ3n) is 4.88. The molecule has 0 spiro atoms. The molecule has 3 heteroatoms. The quantitative estimate of drug-likeness (QED) is 0.418. The van der Waals surface area contributed by atoms with E-state index in [4.69, 9.17) is 9.47 Å². The van der Waals surface area contributed by atoms with Crippen molar-refractivity contribution in [2.24, 2.45) is 0 Å². The van der Waals surface area contributed by atoms with Crippen LogP contribution in [-0.2, 0) is 13.2 Å². The average Bonchev–Trinajstić information content (AvgIpc) is 2.77. The van der Waals surface area contributed by atoms with E-state index in [1.54, 1.807) is 0 Å². The molecule has 0 amide bonds. The number of ether oxygens (including phenoxy) is 2. The van der Waals surface area contributed by atoms with E-state index in [0.717, 1.165) is 36.4 Å². The molecule has 3 rings (SSSR count). The van der Waals surface area contributed by atoms with E-state index < -0.39 is 0 Å². The highest BCUT2D eigenvalue weighted by molar-refractivity contribution is 5.43. The Balaban J connectivity index is 1.66. The lowest BCUT2D eigenvalue weighted by Gasteiger charge is -2.19. The van der Waals surface area contributed by atoms with Crippen LogP contribution in [0.2, 0.25) is 0 Å². The van der Waals surface area contributed by atoms with E-state index in [2.05, 4.69) is 66.8 Å². The number of hydrogen-bond acceptors (Lipinski definition) is 3. The Morgan fingerprint density at radius 3 is 2.17 bits per heavy atom. The van der Waals surface area contributed by atoms with Gasteiger partial charge in [0, 0.05) is 12.6 Å². The van der Waals surface area contributed by atoms with E-state index >= 15 is 0 Å². The fourth-order valence-electron chi connectivity index (χ4n) is 3.39. The summed E-state index contributed by atoms with van der Waals surface area (Å²) >= 11 is 0. The molecule has 0 aliphatic heterocycles. The van der Waals surface area contributed by atoms with E-state index in [0.29, 0.717) is 19.3 Å². The Labute approximate surface area is 174 Å². The Kier molecular flexibility index (Phi) is 8.14. The largest absolute Gasteiger partial charge is 0.490 e. The molecular formula is C26H31NO2. The summed E-state index contributed by atoms with van der Waals surface area (Å²) < 4.78 is 11.9. The number of benzene rings is 3. The van der Waals surface area contributed by atoms with Gasteiger partial charge in [-0.2, -0.15) is 0 Å². The second-order valence-electron chi connectivity index (χ2n) is 7.12. The van der Waals surface area contributed by atoms with Crippen LogP contribution in [0.25, 0.3) is 0 Å². The van der Waals surface area contributed by atoms with Crippen LogP contribution in [0.15, 0.2) is 78.9 Å². The summed E-state index contributed by atoms with van der Waals surface area (Å²) in [6.07, 6.45) is 2.25. The summed E-state index contributed by atoms with van der Waals surface area (Å²) in [5, 5.41) is 3.70. The van der Waals surface area contributed by atoms with Gasteiger partial charge in [-0.05, 0) is 42.2 Å². The molecule has 0 fully saturated rings. The van der Waals surface area contributed by atoms with E-state index in [1.165, 1.54) is 11.1 Å². The van der Waals surface area contributed by atoms with Crippen molar-refractivity contribution in [3.63, 3.8) is 0 Å². The molecule has 1 atom stereocenters. The molecule has 3 aromatic carbocycles. The van der Waals surface area contributed by atoms with Crippen molar-refractivity contribution in [1.82, 2.24) is 5.32 Å². The van der Waals surface area contributed by atoms with Gasteiger partial charge in [0.05, 0.1) is 6.61 Å². The highest BCUT2D eigenvalue weighted by Crippen LogP contribution is 2.30. The number of nitrogens with one attached hydrogen (secondary N) is 1. The second-order valence-corrected chi connectivity index (χ2v) is 7.12. The van der Waals surface area contributed by atoms with Gasteiger partial charge in [0.1, 0.15) is 6.61 Å². The third-order valence-corrected chi connectivity index (χ3v) is 4.88. The fraction of sp³-hybridized carbons (Fsp3) is 0.308. The molecule has 0 heterocycles. The molecule has 29 heavy (non-hydrogen) atoms. The molecule has 0 saturated heterocycles. The van der Waals surface area contributed by atoms with Crippen molar-refractivity contribution < 1.29 is 9.47 Å². The smallest absolute Gasteiger partial charge is 0.161 e. The molecule has 0 aromatic heterocycles. The summed E-state index contributed by atoms with van der Waals surface area (Å²) in [6, 6.07) is 27.4.